The molecule has 2 rings (SSSR count). The van der Waals surface area contributed by atoms with Crippen LogP contribution in [0.1, 0.15) is 5.56 Å². The van der Waals surface area contributed by atoms with Crippen LogP contribution in [-0.2, 0) is 5.75 Å². The first-order valence-corrected chi connectivity index (χ1v) is 7.19. The summed E-state index contributed by atoms with van der Waals surface area (Å²) in [7, 11) is 0. The highest BCUT2D eigenvalue weighted by Crippen LogP contribution is 2.33. The average molecular weight is 340 g/mol. The van der Waals surface area contributed by atoms with Crippen molar-refractivity contribution in [3.63, 3.8) is 0 Å². The fourth-order valence-electron chi connectivity index (χ4n) is 1.56. The molecule has 0 heterocycles. The molecule has 0 unspecified atom stereocenters. The van der Waals surface area contributed by atoms with Crippen molar-refractivity contribution in [3.8, 4) is 5.75 Å². The number of thioether (sulfide) groups is 1. The molecule has 0 bridgehead atoms. The number of hydrogen-bond acceptors (Lipinski definition) is 4. The molecule has 0 fully saturated rings. The van der Waals surface area contributed by atoms with Crippen LogP contribution >= 0.6 is 27.7 Å². The zero-order valence-electron chi connectivity index (χ0n) is 9.75. The molecule has 19 heavy (non-hydrogen) atoms. The van der Waals surface area contributed by atoms with Crippen LogP contribution in [0, 0.1) is 10.1 Å². The average Bonchev–Trinajstić information content (AvgIpc) is 2.38. The van der Waals surface area contributed by atoms with E-state index in [0.717, 1.165) is 0 Å². The molecular weight excluding hydrogens is 330 g/mol. The Morgan fingerprint density at radius 3 is 2.68 bits per heavy atom. The number of nitro groups is 1. The fraction of sp³-hybridized carbons (Fsp3) is 0.0769. The van der Waals surface area contributed by atoms with E-state index in [-0.39, 0.29) is 11.4 Å². The van der Waals surface area contributed by atoms with Crippen molar-refractivity contribution in [1.29, 1.82) is 0 Å². The summed E-state index contributed by atoms with van der Waals surface area (Å²) in [5, 5.41) is 20.6. The molecule has 0 aliphatic heterocycles. The van der Waals surface area contributed by atoms with Crippen LogP contribution in [0.25, 0.3) is 0 Å². The van der Waals surface area contributed by atoms with E-state index in [4.69, 9.17) is 0 Å². The highest BCUT2D eigenvalue weighted by atomic mass is 79.9. The second kappa shape index (κ2) is 6.08. The van der Waals surface area contributed by atoms with E-state index >= 15 is 0 Å². The van der Waals surface area contributed by atoms with Crippen LogP contribution in [0.15, 0.2) is 51.8 Å². The Morgan fingerprint density at radius 2 is 2.00 bits per heavy atom. The predicted molar refractivity (Wildman–Crippen MR) is 78.5 cm³/mol. The number of phenolic OH excluding ortho intramolecular Hbond substituents is 1. The number of aromatic hydroxyl groups is 1. The Balaban J connectivity index is 2.20. The van der Waals surface area contributed by atoms with Gasteiger partial charge in [-0.1, -0.05) is 34.1 Å². The molecule has 0 saturated carbocycles. The number of nitrogens with zero attached hydrogens (tertiary/aromatic N) is 1. The zero-order chi connectivity index (χ0) is 13.8. The number of rotatable bonds is 4. The van der Waals surface area contributed by atoms with E-state index in [2.05, 4.69) is 15.9 Å². The van der Waals surface area contributed by atoms with Gasteiger partial charge in [-0.3, -0.25) is 10.1 Å². The smallest absolute Gasteiger partial charge is 0.274 e. The molecule has 0 atom stereocenters. The summed E-state index contributed by atoms with van der Waals surface area (Å²) in [6.45, 7) is 0. The maximum Gasteiger partial charge on any atom is 0.274 e. The van der Waals surface area contributed by atoms with Crippen molar-refractivity contribution in [2.45, 2.75) is 10.6 Å². The van der Waals surface area contributed by atoms with Gasteiger partial charge in [0.15, 0.2) is 0 Å². The second-order valence-corrected chi connectivity index (χ2v) is 5.72. The van der Waals surface area contributed by atoms with Crippen molar-refractivity contribution in [3.05, 3.63) is 62.6 Å². The number of halogens is 1. The topological polar surface area (TPSA) is 63.4 Å². The normalized spacial score (nSPS) is 10.4. The van der Waals surface area contributed by atoms with Crippen molar-refractivity contribution < 1.29 is 10.0 Å². The van der Waals surface area contributed by atoms with Gasteiger partial charge in [-0.2, -0.15) is 0 Å². The first-order chi connectivity index (χ1) is 9.08. The second-order valence-electron chi connectivity index (χ2n) is 3.79. The largest absolute Gasteiger partial charge is 0.507 e. The monoisotopic (exact) mass is 339 g/mol. The lowest BCUT2D eigenvalue weighted by Crippen LogP contribution is -1.94. The molecule has 0 aromatic heterocycles. The van der Waals surface area contributed by atoms with Gasteiger partial charge in [0.2, 0.25) is 0 Å². The summed E-state index contributed by atoms with van der Waals surface area (Å²) in [4.78, 5) is 11.3. The molecule has 0 aliphatic carbocycles. The molecule has 0 saturated heterocycles. The number of benzene rings is 2. The van der Waals surface area contributed by atoms with Gasteiger partial charge in [-0.15, -0.1) is 11.8 Å². The van der Waals surface area contributed by atoms with E-state index in [9.17, 15) is 15.2 Å². The minimum absolute atomic E-state index is 0.0808. The van der Waals surface area contributed by atoms with Crippen molar-refractivity contribution >= 4 is 33.4 Å². The lowest BCUT2D eigenvalue weighted by molar-refractivity contribution is -0.385. The number of para-hydroxylation sites is 1. The number of hydrogen-bond donors (Lipinski definition) is 1. The van der Waals surface area contributed by atoms with Crippen LogP contribution in [0.2, 0.25) is 0 Å². The van der Waals surface area contributed by atoms with Gasteiger partial charge < -0.3 is 5.11 Å². The molecule has 0 radical (unpaired) electrons. The quantitative estimate of drug-likeness (QED) is 0.510. The molecule has 98 valence electrons. The van der Waals surface area contributed by atoms with Crippen LogP contribution < -0.4 is 0 Å². The standard InChI is InChI=1S/C13H10BrNO3S/c14-10-6-5-9(11(7-10)15(17)18)8-19-13-4-2-1-3-12(13)16/h1-7,16H,8H2. The van der Waals surface area contributed by atoms with Gasteiger partial charge in [0.25, 0.3) is 5.69 Å². The number of phenols is 1. The first-order valence-electron chi connectivity index (χ1n) is 5.41. The summed E-state index contributed by atoms with van der Waals surface area (Å²) in [6.07, 6.45) is 0. The molecule has 1 N–H and O–H groups in total. The molecule has 4 nitrogen and oxygen atoms in total. The van der Waals surface area contributed by atoms with E-state index in [1.165, 1.54) is 17.8 Å². The van der Waals surface area contributed by atoms with Gasteiger partial charge >= 0.3 is 0 Å². The summed E-state index contributed by atoms with van der Waals surface area (Å²) in [6, 6.07) is 11.9. The molecule has 0 spiro atoms. The van der Waals surface area contributed by atoms with Gasteiger partial charge in [0.05, 0.1) is 4.92 Å². The molecule has 0 aliphatic rings. The van der Waals surface area contributed by atoms with Gasteiger partial charge in [-0.25, -0.2) is 0 Å². The Morgan fingerprint density at radius 1 is 1.26 bits per heavy atom. The predicted octanol–water partition coefficient (Wildman–Crippen LogP) is 4.36. The Hall–Kier alpha value is -1.53. The van der Waals surface area contributed by atoms with Gasteiger partial charge in [0, 0.05) is 26.8 Å². The van der Waals surface area contributed by atoms with Crippen LogP contribution in [0.5, 0.6) is 5.75 Å². The molecule has 6 heteroatoms. The Bertz CT molecular complexity index is 619. The zero-order valence-corrected chi connectivity index (χ0v) is 12.1. The van der Waals surface area contributed by atoms with Crippen molar-refractivity contribution in [2.75, 3.05) is 0 Å². The third-order valence-electron chi connectivity index (χ3n) is 2.49. The van der Waals surface area contributed by atoms with Crippen LogP contribution in [0.3, 0.4) is 0 Å². The molecular formula is C13H10BrNO3S. The highest BCUT2D eigenvalue weighted by molar-refractivity contribution is 9.10. The summed E-state index contributed by atoms with van der Waals surface area (Å²) in [5.74, 6) is 0.619. The van der Waals surface area contributed by atoms with Crippen molar-refractivity contribution in [1.82, 2.24) is 0 Å². The minimum atomic E-state index is -0.397. The highest BCUT2D eigenvalue weighted by Gasteiger charge is 2.14. The summed E-state index contributed by atoms with van der Waals surface area (Å²) < 4.78 is 0.676. The van der Waals surface area contributed by atoms with Gasteiger partial charge in [-0.05, 0) is 18.2 Å². The lowest BCUT2D eigenvalue weighted by atomic mass is 10.2. The van der Waals surface area contributed by atoms with Crippen LogP contribution in [0.4, 0.5) is 5.69 Å². The first kappa shape index (κ1) is 13.9. The van der Waals surface area contributed by atoms with E-state index in [0.29, 0.717) is 20.7 Å². The van der Waals surface area contributed by atoms with Gasteiger partial charge in [0.1, 0.15) is 5.75 Å². The van der Waals surface area contributed by atoms with E-state index in [1.807, 2.05) is 6.07 Å². The van der Waals surface area contributed by atoms with Crippen LogP contribution in [-0.4, -0.2) is 10.0 Å². The minimum Gasteiger partial charge on any atom is -0.507 e. The van der Waals surface area contributed by atoms with Crippen molar-refractivity contribution in [2.24, 2.45) is 0 Å². The lowest BCUT2D eigenvalue weighted by Gasteiger charge is -2.05. The fourth-order valence-corrected chi connectivity index (χ4v) is 2.86. The summed E-state index contributed by atoms with van der Waals surface area (Å²) >= 11 is 4.59. The molecule has 0 amide bonds. The maximum absolute atomic E-state index is 11.0. The number of nitro benzene ring substituents is 1. The molecule has 2 aromatic rings. The maximum atomic E-state index is 11.0. The molecule has 2 aromatic carbocycles. The van der Waals surface area contributed by atoms with E-state index < -0.39 is 4.92 Å². The van der Waals surface area contributed by atoms with E-state index in [1.54, 1.807) is 30.3 Å². The third-order valence-corrected chi connectivity index (χ3v) is 4.10. The Kier molecular flexibility index (Phi) is 4.44. The SMILES string of the molecule is O=[N+]([O-])c1cc(Br)ccc1CSc1ccccc1O. The Labute approximate surface area is 122 Å². The third kappa shape index (κ3) is 3.48. The summed E-state index contributed by atoms with van der Waals surface area (Å²) in [5.41, 5.74) is 0.707.